The van der Waals surface area contributed by atoms with E-state index in [2.05, 4.69) is 0 Å². The van der Waals surface area contributed by atoms with Crippen molar-refractivity contribution < 1.29 is 24.1 Å². The molecule has 0 spiro atoms. The zero-order chi connectivity index (χ0) is 19.8. The van der Waals surface area contributed by atoms with Gasteiger partial charge in [0.25, 0.3) is 0 Å². The summed E-state index contributed by atoms with van der Waals surface area (Å²) < 4.78 is 16.6. The number of hydrogen-bond donors (Lipinski definition) is 1. The highest BCUT2D eigenvalue weighted by atomic mass is 16.5. The molecule has 6 nitrogen and oxygen atoms in total. The van der Waals surface area contributed by atoms with Crippen LogP contribution in [0.25, 0.3) is 6.08 Å². The Morgan fingerprint density at radius 2 is 1.78 bits per heavy atom. The highest BCUT2D eigenvalue weighted by Gasteiger charge is 2.10. The van der Waals surface area contributed by atoms with Crippen molar-refractivity contribution in [3.63, 3.8) is 0 Å². The molecule has 0 atom stereocenters. The maximum Gasteiger partial charge on any atom is 0.346 e. The summed E-state index contributed by atoms with van der Waals surface area (Å²) in [5, 5.41) is 18.0. The fourth-order valence-electron chi connectivity index (χ4n) is 2.30. The first-order valence-corrected chi connectivity index (χ1v) is 8.30. The van der Waals surface area contributed by atoms with Gasteiger partial charge in [0.05, 0.1) is 7.11 Å². The van der Waals surface area contributed by atoms with Gasteiger partial charge in [0, 0.05) is 11.6 Å². The Balaban J connectivity index is 2.08. The molecule has 140 valence electrons. The molecule has 0 saturated heterocycles. The number of nitrogens with zero attached hydrogens (tertiary/aromatic N) is 1. The molecule has 0 fully saturated rings. The van der Waals surface area contributed by atoms with Crippen LogP contribution in [-0.2, 0) is 4.79 Å². The molecule has 0 amide bonds. The first-order chi connectivity index (χ1) is 12.9. The van der Waals surface area contributed by atoms with Crippen molar-refractivity contribution in [2.45, 2.75) is 13.8 Å². The van der Waals surface area contributed by atoms with Gasteiger partial charge in [0.2, 0.25) is 0 Å². The Morgan fingerprint density at radius 1 is 1.07 bits per heavy atom. The van der Waals surface area contributed by atoms with Crippen molar-refractivity contribution >= 4 is 12.0 Å². The van der Waals surface area contributed by atoms with E-state index in [1.165, 1.54) is 18.7 Å². The number of aryl methyl sites for hydroxylation is 2. The van der Waals surface area contributed by atoms with Gasteiger partial charge in [-0.15, -0.1) is 0 Å². The standard InChI is InChI=1S/C21H21NO5/c1-14-4-6-19(10-15(14)2)26-8-9-27-20-12-18(25-3)7-5-16(20)11-17(13-22)21(23)24/h4-7,10-12H,8-9H2,1-3H3,(H,23,24). The number of carboxylic acid groups (broad SMARTS) is 1. The molecule has 2 aromatic rings. The number of ether oxygens (including phenoxy) is 3. The molecule has 0 aliphatic heterocycles. The van der Waals surface area contributed by atoms with E-state index in [0.29, 0.717) is 23.7 Å². The molecule has 2 rings (SSSR count). The first-order valence-electron chi connectivity index (χ1n) is 8.30. The molecule has 0 heterocycles. The van der Waals surface area contributed by atoms with Crippen molar-refractivity contribution in [2.75, 3.05) is 20.3 Å². The van der Waals surface area contributed by atoms with Gasteiger partial charge in [0.15, 0.2) is 0 Å². The predicted molar refractivity (Wildman–Crippen MR) is 101 cm³/mol. The first kappa shape index (κ1) is 19.9. The summed E-state index contributed by atoms with van der Waals surface area (Å²) in [5.41, 5.74) is 2.43. The lowest BCUT2D eigenvalue weighted by molar-refractivity contribution is -0.132. The molecule has 0 unspecified atom stereocenters. The predicted octanol–water partition coefficient (Wildman–Crippen LogP) is 3.76. The molecule has 0 aliphatic carbocycles. The van der Waals surface area contributed by atoms with Crippen LogP contribution >= 0.6 is 0 Å². The lowest BCUT2D eigenvalue weighted by Crippen LogP contribution is -2.10. The molecule has 2 aromatic carbocycles. The third-order valence-electron chi connectivity index (χ3n) is 3.96. The number of rotatable bonds is 8. The number of methoxy groups -OCH3 is 1. The molecule has 0 bridgehead atoms. The van der Waals surface area contributed by atoms with E-state index >= 15 is 0 Å². The molecule has 6 heteroatoms. The SMILES string of the molecule is COc1ccc(C=C(C#N)C(=O)O)c(OCCOc2ccc(C)c(C)c2)c1. The van der Waals surface area contributed by atoms with Crippen molar-refractivity contribution in [1.29, 1.82) is 5.26 Å². The molecular weight excluding hydrogens is 346 g/mol. The van der Waals surface area contributed by atoms with Gasteiger partial charge in [-0.2, -0.15) is 5.26 Å². The van der Waals surface area contributed by atoms with Gasteiger partial charge in [-0.1, -0.05) is 6.07 Å². The molecule has 1 N–H and O–H groups in total. The summed E-state index contributed by atoms with van der Waals surface area (Å²) in [5.74, 6) is 0.431. The minimum Gasteiger partial charge on any atom is -0.497 e. The van der Waals surface area contributed by atoms with Crippen LogP contribution in [0.15, 0.2) is 42.0 Å². The highest BCUT2D eigenvalue weighted by molar-refractivity contribution is 5.96. The molecular formula is C21H21NO5. The Hall–Kier alpha value is -3.46. The minimum absolute atomic E-state index is 0.246. The fraction of sp³-hybridized carbons (Fsp3) is 0.238. The number of nitriles is 1. The van der Waals surface area contributed by atoms with Crippen molar-refractivity contribution in [2.24, 2.45) is 0 Å². The van der Waals surface area contributed by atoms with Crippen LogP contribution in [0, 0.1) is 25.2 Å². The largest absolute Gasteiger partial charge is 0.497 e. The van der Waals surface area contributed by atoms with E-state index in [9.17, 15) is 4.79 Å². The summed E-state index contributed by atoms with van der Waals surface area (Å²) in [6.07, 6.45) is 1.27. The number of aliphatic carboxylic acids is 1. The highest BCUT2D eigenvalue weighted by Crippen LogP contribution is 2.27. The van der Waals surface area contributed by atoms with Gasteiger partial charge >= 0.3 is 5.97 Å². The van der Waals surface area contributed by atoms with Crippen LogP contribution in [0.5, 0.6) is 17.2 Å². The molecule has 0 radical (unpaired) electrons. The van der Waals surface area contributed by atoms with E-state index in [1.807, 2.05) is 32.0 Å². The van der Waals surface area contributed by atoms with E-state index in [1.54, 1.807) is 24.3 Å². The zero-order valence-corrected chi connectivity index (χ0v) is 15.5. The third-order valence-corrected chi connectivity index (χ3v) is 3.96. The monoisotopic (exact) mass is 367 g/mol. The maximum atomic E-state index is 11.1. The Morgan fingerprint density at radius 3 is 2.41 bits per heavy atom. The average Bonchev–Trinajstić information content (AvgIpc) is 2.66. The van der Waals surface area contributed by atoms with E-state index in [-0.39, 0.29) is 12.2 Å². The van der Waals surface area contributed by atoms with Crippen LogP contribution in [0.4, 0.5) is 0 Å². The lowest BCUT2D eigenvalue weighted by atomic mass is 10.1. The van der Waals surface area contributed by atoms with Crippen LogP contribution < -0.4 is 14.2 Å². The third kappa shape index (κ3) is 5.51. The van der Waals surface area contributed by atoms with E-state index in [0.717, 1.165) is 11.3 Å². The topological polar surface area (TPSA) is 88.8 Å². The lowest BCUT2D eigenvalue weighted by Gasteiger charge is -2.12. The van der Waals surface area contributed by atoms with Crippen molar-refractivity contribution in [3.8, 4) is 23.3 Å². The number of carboxylic acids is 1. The smallest absolute Gasteiger partial charge is 0.346 e. The second-order valence-electron chi connectivity index (χ2n) is 5.82. The van der Waals surface area contributed by atoms with Crippen LogP contribution in [0.2, 0.25) is 0 Å². The van der Waals surface area contributed by atoms with Gasteiger partial charge in [-0.05, 0) is 55.3 Å². The summed E-state index contributed by atoms with van der Waals surface area (Å²) in [7, 11) is 1.52. The molecule has 0 saturated carbocycles. The van der Waals surface area contributed by atoms with Gasteiger partial charge in [0.1, 0.15) is 42.1 Å². The Bertz CT molecular complexity index is 896. The Labute approximate surface area is 158 Å². The number of carbonyl (C=O) groups is 1. The summed E-state index contributed by atoms with van der Waals surface area (Å²) in [4.78, 5) is 11.1. The van der Waals surface area contributed by atoms with Crippen LogP contribution in [0.1, 0.15) is 16.7 Å². The summed E-state index contributed by atoms with van der Waals surface area (Å²) in [6.45, 7) is 4.61. The van der Waals surface area contributed by atoms with E-state index < -0.39 is 5.97 Å². The fourth-order valence-corrected chi connectivity index (χ4v) is 2.30. The second-order valence-corrected chi connectivity index (χ2v) is 5.82. The Kier molecular flexibility index (Phi) is 6.84. The summed E-state index contributed by atoms with van der Waals surface area (Å²) in [6, 6.07) is 12.4. The molecule has 0 aromatic heterocycles. The van der Waals surface area contributed by atoms with Gasteiger partial charge in [-0.25, -0.2) is 4.79 Å². The zero-order valence-electron chi connectivity index (χ0n) is 15.5. The normalized spacial score (nSPS) is 10.8. The minimum atomic E-state index is -1.29. The van der Waals surface area contributed by atoms with Gasteiger partial charge in [-0.3, -0.25) is 0 Å². The average molecular weight is 367 g/mol. The van der Waals surface area contributed by atoms with E-state index in [4.69, 9.17) is 24.6 Å². The maximum absolute atomic E-state index is 11.1. The summed E-state index contributed by atoms with van der Waals surface area (Å²) >= 11 is 0. The molecule has 0 aliphatic rings. The second kappa shape index (κ2) is 9.30. The van der Waals surface area contributed by atoms with Crippen LogP contribution in [0.3, 0.4) is 0 Å². The van der Waals surface area contributed by atoms with Crippen molar-refractivity contribution in [3.05, 3.63) is 58.7 Å². The van der Waals surface area contributed by atoms with Crippen molar-refractivity contribution in [1.82, 2.24) is 0 Å². The quantitative estimate of drug-likeness (QED) is 0.434. The van der Waals surface area contributed by atoms with Crippen LogP contribution in [-0.4, -0.2) is 31.4 Å². The van der Waals surface area contributed by atoms with Gasteiger partial charge < -0.3 is 19.3 Å². The number of benzene rings is 2. The molecule has 27 heavy (non-hydrogen) atoms. The number of hydrogen-bond acceptors (Lipinski definition) is 5.